The van der Waals surface area contributed by atoms with Gasteiger partial charge < -0.3 is 14.9 Å². The maximum atomic E-state index is 13.3. The normalized spacial score (nSPS) is 33.3. The van der Waals surface area contributed by atoms with Crippen molar-refractivity contribution in [2.24, 2.45) is 5.41 Å². The van der Waals surface area contributed by atoms with Crippen LogP contribution in [-0.4, -0.2) is 57.7 Å². The predicted octanol–water partition coefficient (Wildman–Crippen LogP) is 2.36. The molecule has 1 saturated carbocycles. The van der Waals surface area contributed by atoms with Gasteiger partial charge in [-0.1, -0.05) is 0 Å². The van der Waals surface area contributed by atoms with Gasteiger partial charge in [-0.05, 0) is 60.9 Å². The third-order valence-electron chi connectivity index (χ3n) is 6.12. The summed E-state index contributed by atoms with van der Waals surface area (Å²) in [6, 6.07) is 0.314. The lowest BCUT2D eigenvalue weighted by molar-refractivity contribution is -0.139. The van der Waals surface area contributed by atoms with Crippen LogP contribution >= 0.6 is 15.9 Å². The maximum Gasteiger partial charge on any atom is 0.230 e. The molecule has 2 saturated heterocycles. The Labute approximate surface area is 156 Å². The monoisotopic (exact) mass is 408 g/mol. The number of halogens is 1. The second-order valence-electron chi connectivity index (χ2n) is 7.72. The molecule has 1 N–H and O–H groups in total. The molecule has 0 unspecified atom stereocenters. The maximum absolute atomic E-state index is 13.3. The van der Waals surface area contributed by atoms with Gasteiger partial charge in [-0.15, -0.1) is 0 Å². The molecule has 1 atom stereocenters. The van der Waals surface area contributed by atoms with E-state index < -0.39 is 0 Å². The van der Waals surface area contributed by atoms with Crippen molar-refractivity contribution in [3.8, 4) is 0 Å². The number of aliphatic hydroxyl groups is 1. The second kappa shape index (κ2) is 6.83. The highest BCUT2D eigenvalue weighted by Gasteiger charge is 2.50. The molecule has 3 heterocycles. The number of carbonyl (C=O) groups is 1. The lowest BCUT2D eigenvalue weighted by Crippen LogP contribution is -2.50. The summed E-state index contributed by atoms with van der Waals surface area (Å²) in [5.74, 6) is 1.03. The minimum atomic E-state index is -0.273. The molecular formula is C18H25BrN4O2. The molecule has 1 amide bonds. The molecule has 0 radical (unpaired) electrons. The first-order chi connectivity index (χ1) is 12.1. The fourth-order valence-electron chi connectivity index (χ4n) is 4.72. The number of likely N-dealkylation sites (tertiary alicyclic amines) is 1. The summed E-state index contributed by atoms with van der Waals surface area (Å²) in [5, 5.41) is 9.73. The largest absolute Gasteiger partial charge is 0.393 e. The van der Waals surface area contributed by atoms with Crippen LogP contribution in [0.2, 0.25) is 0 Å². The summed E-state index contributed by atoms with van der Waals surface area (Å²) < 4.78 is 0.866. The predicted molar refractivity (Wildman–Crippen MR) is 98.2 cm³/mol. The van der Waals surface area contributed by atoms with Gasteiger partial charge in [0, 0.05) is 38.1 Å². The van der Waals surface area contributed by atoms with Gasteiger partial charge in [-0.25, -0.2) is 9.97 Å². The molecule has 6 nitrogen and oxygen atoms in total. The molecule has 2 aliphatic heterocycles. The Morgan fingerprint density at radius 1 is 1.12 bits per heavy atom. The number of hydrogen-bond donors (Lipinski definition) is 1. The molecular weight excluding hydrogens is 384 g/mol. The van der Waals surface area contributed by atoms with E-state index in [1.54, 1.807) is 12.4 Å². The van der Waals surface area contributed by atoms with E-state index >= 15 is 0 Å². The van der Waals surface area contributed by atoms with E-state index in [-0.39, 0.29) is 11.5 Å². The summed E-state index contributed by atoms with van der Waals surface area (Å²) in [5.41, 5.74) is -0.273. The van der Waals surface area contributed by atoms with Crippen molar-refractivity contribution >= 4 is 27.8 Å². The average Bonchev–Trinajstić information content (AvgIpc) is 2.93. The number of nitrogens with zero attached hydrogens (tertiary/aromatic N) is 4. The smallest absolute Gasteiger partial charge is 0.230 e. The van der Waals surface area contributed by atoms with Crippen molar-refractivity contribution in [2.45, 2.75) is 57.1 Å². The lowest BCUT2D eigenvalue weighted by atomic mass is 9.78. The van der Waals surface area contributed by atoms with E-state index in [1.165, 1.54) is 0 Å². The topological polar surface area (TPSA) is 69.6 Å². The van der Waals surface area contributed by atoms with Crippen molar-refractivity contribution in [3.05, 3.63) is 16.9 Å². The minimum Gasteiger partial charge on any atom is -0.393 e. The highest BCUT2D eigenvalue weighted by molar-refractivity contribution is 9.10. The molecule has 0 aromatic carbocycles. The van der Waals surface area contributed by atoms with Crippen LogP contribution in [0.5, 0.6) is 0 Å². The quantitative estimate of drug-likeness (QED) is 0.812. The molecule has 1 spiro atoms. The molecule has 1 aromatic rings. The Hall–Kier alpha value is -1.21. The first-order valence-electron chi connectivity index (χ1n) is 9.29. The zero-order valence-corrected chi connectivity index (χ0v) is 16.0. The lowest BCUT2D eigenvalue weighted by Gasteiger charge is -2.40. The van der Waals surface area contributed by atoms with E-state index in [9.17, 15) is 9.90 Å². The zero-order chi connectivity index (χ0) is 17.4. The molecule has 25 heavy (non-hydrogen) atoms. The van der Waals surface area contributed by atoms with Gasteiger partial charge in [-0.2, -0.15) is 0 Å². The molecule has 1 aliphatic carbocycles. The summed E-state index contributed by atoms with van der Waals surface area (Å²) >= 11 is 3.37. The fraction of sp³-hybridized carbons (Fsp3) is 0.722. The van der Waals surface area contributed by atoms with Crippen molar-refractivity contribution in [3.63, 3.8) is 0 Å². The van der Waals surface area contributed by atoms with Crippen LogP contribution in [0.1, 0.15) is 44.9 Å². The number of aromatic nitrogens is 2. The summed E-state index contributed by atoms with van der Waals surface area (Å²) in [4.78, 5) is 26.4. The Bertz CT molecular complexity index is 632. The van der Waals surface area contributed by atoms with Crippen LogP contribution in [-0.2, 0) is 4.79 Å². The number of aliphatic hydroxyl groups excluding tert-OH is 1. The SMILES string of the molecule is O=C1N([C@H]2CC[C@@H](O)CC2)CC[C@]12CCCN(c1ncc(Br)cn1)C2. The molecule has 7 heteroatoms. The van der Waals surface area contributed by atoms with Gasteiger partial charge in [0.1, 0.15) is 0 Å². The third kappa shape index (κ3) is 3.28. The van der Waals surface area contributed by atoms with Crippen molar-refractivity contribution < 1.29 is 9.90 Å². The average molecular weight is 409 g/mol. The van der Waals surface area contributed by atoms with E-state index in [1.807, 2.05) is 0 Å². The third-order valence-corrected chi connectivity index (χ3v) is 6.53. The van der Waals surface area contributed by atoms with Crippen LogP contribution in [0.15, 0.2) is 16.9 Å². The van der Waals surface area contributed by atoms with Crippen LogP contribution in [0.4, 0.5) is 5.95 Å². The molecule has 136 valence electrons. The standard InChI is InChI=1S/C18H25BrN4O2/c19-13-10-20-17(21-11-13)22-8-1-6-18(12-22)7-9-23(16(18)25)14-2-4-15(24)5-3-14/h10-11,14-15,24H,1-9,12H2/t14-,15+,18-/m0/s1. The van der Waals surface area contributed by atoms with Crippen molar-refractivity contribution in [2.75, 3.05) is 24.5 Å². The number of hydrogen-bond acceptors (Lipinski definition) is 5. The van der Waals surface area contributed by atoms with Gasteiger partial charge in [0.2, 0.25) is 11.9 Å². The molecule has 1 aromatic heterocycles. The van der Waals surface area contributed by atoms with Crippen LogP contribution in [0.3, 0.4) is 0 Å². The Balaban J connectivity index is 1.48. The minimum absolute atomic E-state index is 0.178. The van der Waals surface area contributed by atoms with Crippen molar-refractivity contribution in [1.29, 1.82) is 0 Å². The van der Waals surface area contributed by atoms with Crippen LogP contribution < -0.4 is 4.90 Å². The summed E-state index contributed by atoms with van der Waals surface area (Å²) in [7, 11) is 0. The molecule has 3 fully saturated rings. The van der Waals surface area contributed by atoms with Gasteiger partial charge in [0.15, 0.2) is 0 Å². The second-order valence-corrected chi connectivity index (χ2v) is 8.63. The van der Waals surface area contributed by atoms with Gasteiger partial charge in [0.25, 0.3) is 0 Å². The molecule has 3 aliphatic rings. The highest BCUT2D eigenvalue weighted by atomic mass is 79.9. The van der Waals surface area contributed by atoms with Crippen molar-refractivity contribution in [1.82, 2.24) is 14.9 Å². The van der Waals surface area contributed by atoms with E-state index in [0.717, 1.165) is 69.1 Å². The van der Waals surface area contributed by atoms with E-state index in [2.05, 4.69) is 35.7 Å². The summed E-state index contributed by atoms with van der Waals surface area (Å²) in [6.45, 7) is 2.49. The Kier molecular flexibility index (Phi) is 4.71. The molecule has 0 bridgehead atoms. The number of rotatable bonds is 2. The Morgan fingerprint density at radius 2 is 1.84 bits per heavy atom. The highest BCUT2D eigenvalue weighted by Crippen LogP contribution is 2.43. The number of carbonyl (C=O) groups excluding carboxylic acids is 1. The Morgan fingerprint density at radius 3 is 2.56 bits per heavy atom. The number of piperidine rings is 1. The number of anilines is 1. The zero-order valence-electron chi connectivity index (χ0n) is 14.4. The van der Waals surface area contributed by atoms with E-state index in [4.69, 9.17) is 0 Å². The van der Waals surface area contributed by atoms with Gasteiger partial charge in [0.05, 0.1) is 16.0 Å². The molecule has 4 rings (SSSR count). The van der Waals surface area contributed by atoms with Crippen LogP contribution in [0, 0.1) is 5.41 Å². The van der Waals surface area contributed by atoms with Gasteiger partial charge >= 0.3 is 0 Å². The summed E-state index contributed by atoms with van der Waals surface area (Å²) in [6.07, 6.45) is 9.75. The number of amides is 1. The van der Waals surface area contributed by atoms with Gasteiger partial charge in [-0.3, -0.25) is 4.79 Å². The van der Waals surface area contributed by atoms with E-state index in [0.29, 0.717) is 17.9 Å². The first-order valence-corrected chi connectivity index (χ1v) is 10.1. The first kappa shape index (κ1) is 17.2. The van der Waals surface area contributed by atoms with Crippen LogP contribution in [0.25, 0.3) is 0 Å². The fourth-order valence-corrected chi connectivity index (χ4v) is 4.92.